The minimum absolute atomic E-state index is 0.291. The number of rotatable bonds is 4. The number of aliphatic carboxylic acids is 1. The molecule has 1 N–H and O–H groups in total. The third-order valence-corrected chi connectivity index (χ3v) is 3.07. The van der Waals surface area contributed by atoms with Gasteiger partial charge in [0.25, 0.3) is 0 Å². The molecule has 1 aliphatic rings. The van der Waals surface area contributed by atoms with Crippen LogP contribution in [0.2, 0.25) is 0 Å². The van der Waals surface area contributed by atoms with Crippen LogP contribution in [0.1, 0.15) is 38.4 Å². The van der Waals surface area contributed by atoms with E-state index < -0.39 is 11.4 Å². The van der Waals surface area contributed by atoms with E-state index in [0.29, 0.717) is 12.5 Å². The summed E-state index contributed by atoms with van der Waals surface area (Å²) in [4.78, 5) is 11.1. The van der Waals surface area contributed by atoms with Gasteiger partial charge in [-0.1, -0.05) is 0 Å². The largest absolute Gasteiger partial charge is 0.481 e. The Morgan fingerprint density at radius 3 is 2.80 bits per heavy atom. The molecule has 0 spiro atoms. The van der Waals surface area contributed by atoms with Gasteiger partial charge in [0.15, 0.2) is 0 Å². The van der Waals surface area contributed by atoms with Crippen LogP contribution in [0.3, 0.4) is 0 Å². The van der Waals surface area contributed by atoms with E-state index in [1.54, 1.807) is 6.20 Å². The molecule has 0 saturated heterocycles. The summed E-state index contributed by atoms with van der Waals surface area (Å²) in [5.74, 6) is -0.668. The summed E-state index contributed by atoms with van der Waals surface area (Å²) in [6, 6.07) is 2.21. The van der Waals surface area contributed by atoms with Crippen LogP contribution in [-0.2, 0) is 11.2 Å². The van der Waals surface area contributed by atoms with Gasteiger partial charge in [-0.15, -0.1) is 0 Å². The minimum atomic E-state index is -0.668. The number of hydrogen-bond acceptors (Lipinski definition) is 2. The summed E-state index contributed by atoms with van der Waals surface area (Å²) in [6.45, 7) is 4.10. The fraction of sp³-hybridized carbons (Fsp3) is 0.636. The van der Waals surface area contributed by atoms with E-state index in [9.17, 15) is 4.79 Å². The summed E-state index contributed by atoms with van der Waals surface area (Å²) in [7, 11) is 0. The van der Waals surface area contributed by atoms with Gasteiger partial charge in [-0.3, -0.25) is 9.48 Å². The fourth-order valence-electron chi connectivity index (χ4n) is 1.91. The lowest BCUT2D eigenvalue weighted by atomic mass is 10.0. The van der Waals surface area contributed by atoms with Crippen molar-refractivity contribution in [1.29, 1.82) is 0 Å². The SMILES string of the molecule is CC(C)n1nccc1CC1(C(=O)O)CC1. The second kappa shape index (κ2) is 3.36. The third kappa shape index (κ3) is 1.76. The Balaban J connectivity index is 2.18. The average Bonchev–Trinajstić information content (AvgIpc) is 2.77. The molecule has 1 aromatic heterocycles. The van der Waals surface area contributed by atoms with Crippen LogP contribution in [0, 0.1) is 5.41 Å². The topological polar surface area (TPSA) is 55.1 Å². The highest BCUT2D eigenvalue weighted by atomic mass is 16.4. The smallest absolute Gasteiger partial charge is 0.310 e. The van der Waals surface area contributed by atoms with Gasteiger partial charge in [-0.05, 0) is 32.8 Å². The number of hydrogen-bond donors (Lipinski definition) is 1. The number of carbonyl (C=O) groups is 1. The lowest BCUT2D eigenvalue weighted by Crippen LogP contribution is -2.20. The lowest BCUT2D eigenvalue weighted by Gasteiger charge is -2.14. The average molecular weight is 208 g/mol. The molecule has 1 aliphatic carbocycles. The first-order chi connectivity index (χ1) is 7.05. The molecular formula is C11H16N2O2. The number of carboxylic acid groups (broad SMARTS) is 1. The molecular weight excluding hydrogens is 192 g/mol. The van der Waals surface area contributed by atoms with Crippen molar-refractivity contribution in [2.75, 3.05) is 0 Å². The van der Waals surface area contributed by atoms with Crippen LogP contribution in [0.25, 0.3) is 0 Å². The standard InChI is InChI=1S/C11H16N2O2/c1-8(2)13-9(3-6-12-13)7-11(4-5-11)10(14)15/h3,6,8H,4-5,7H2,1-2H3,(H,14,15). The molecule has 1 aromatic rings. The zero-order chi connectivity index (χ0) is 11.1. The second-order valence-corrected chi connectivity index (χ2v) is 4.62. The van der Waals surface area contributed by atoms with E-state index in [-0.39, 0.29) is 0 Å². The molecule has 2 rings (SSSR count). The molecule has 1 fully saturated rings. The Kier molecular flexibility index (Phi) is 2.29. The van der Waals surface area contributed by atoms with E-state index in [2.05, 4.69) is 18.9 Å². The first kappa shape index (κ1) is 10.2. The predicted molar refractivity (Wildman–Crippen MR) is 55.6 cm³/mol. The van der Waals surface area contributed by atoms with E-state index in [4.69, 9.17) is 5.11 Å². The Hall–Kier alpha value is -1.32. The van der Waals surface area contributed by atoms with Gasteiger partial charge in [0.2, 0.25) is 0 Å². The van der Waals surface area contributed by atoms with Crippen LogP contribution in [-0.4, -0.2) is 20.9 Å². The van der Waals surface area contributed by atoms with Crippen molar-refractivity contribution in [3.63, 3.8) is 0 Å². The molecule has 0 radical (unpaired) electrons. The normalized spacial score (nSPS) is 18.1. The first-order valence-electron chi connectivity index (χ1n) is 5.31. The van der Waals surface area contributed by atoms with Crippen LogP contribution < -0.4 is 0 Å². The second-order valence-electron chi connectivity index (χ2n) is 4.62. The molecule has 1 saturated carbocycles. The first-order valence-corrected chi connectivity index (χ1v) is 5.31. The Labute approximate surface area is 88.9 Å². The summed E-state index contributed by atoms with van der Waals surface area (Å²) in [5, 5.41) is 13.3. The van der Waals surface area contributed by atoms with Gasteiger partial charge >= 0.3 is 5.97 Å². The van der Waals surface area contributed by atoms with E-state index in [1.165, 1.54) is 0 Å². The van der Waals surface area contributed by atoms with E-state index in [1.807, 2.05) is 10.7 Å². The van der Waals surface area contributed by atoms with E-state index in [0.717, 1.165) is 18.5 Å². The summed E-state index contributed by atoms with van der Waals surface area (Å²) < 4.78 is 1.91. The van der Waals surface area contributed by atoms with Gasteiger partial charge < -0.3 is 5.11 Å². The van der Waals surface area contributed by atoms with Gasteiger partial charge in [-0.2, -0.15) is 5.10 Å². The maximum absolute atomic E-state index is 11.1. The Morgan fingerprint density at radius 1 is 1.67 bits per heavy atom. The van der Waals surface area contributed by atoms with Crippen LogP contribution in [0.5, 0.6) is 0 Å². The highest BCUT2D eigenvalue weighted by Crippen LogP contribution is 2.48. The monoisotopic (exact) mass is 208 g/mol. The lowest BCUT2D eigenvalue weighted by molar-refractivity contribution is -0.143. The Bertz CT molecular complexity index is 378. The number of nitrogens with zero attached hydrogens (tertiary/aromatic N) is 2. The quantitative estimate of drug-likeness (QED) is 0.821. The minimum Gasteiger partial charge on any atom is -0.481 e. The molecule has 15 heavy (non-hydrogen) atoms. The highest BCUT2D eigenvalue weighted by molar-refractivity contribution is 5.78. The van der Waals surface area contributed by atoms with Gasteiger partial charge in [-0.25, -0.2) is 0 Å². The summed E-state index contributed by atoms with van der Waals surface area (Å²) in [6.07, 6.45) is 3.95. The summed E-state index contributed by atoms with van der Waals surface area (Å²) in [5.41, 5.74) is 0.539. The van der Waals surface area contributed by atoms with Crippen molar-refractivity contribution in [2.24, 2.45) is 5.41 Å². The van der Waals surface area contributed by atoms with Crippen LogP contribution in [0.4, 0.5) is 0 Å². The molecule has 0 amide bonds. The van der Waals surface area contributed by atoms with Gasteiger partial charge in [0, 0.05) is 24.4 Å². The van der Waals surface area contributed by atoms with Gasteiger partial charge in [0.05, 0.1) is 5.41 Å². The fourth-order valence-corrected chi connectivity index (χ4v) is 1.91. The zero-order valence-corrected chi connectivity index (χ0v) is 9.10. The van der Waals surface area contributed by atoms with Crippen molar-refractivity contribution in [2.45, 2.75) is 39.2 Å². The van der Waals surface area contributed by atoms with Crippen molar-refractivity contribution >= 4 is 5.97 Å². The zero-order valence-electron chi connectivity index (χ0n) is 9.10. The maximum Gasteiger partial charge on any atom is 0.310 e. The third-order valence-electron chi connectivity index (χ3n) is 3.07. The van der Waals surface area contributed by atoms with E-state index >= 15 is 0 Å². The molecule has 0 unspecified atom stereocenters. The highest BCUT2D eigenvalue weighted by Gasteiger charge is 2.50. The van der Waals surface area contributed by atoms with Crippen molar-refractivity contribution < 1.29 is 9.90 Å². The molecule has 0 atom stereocenters. The number of carboxylic acids is 1. The molecule has 4 heteroatoms. The van der Waals surface area contributed by atoms with Crippen LogP contribution >= 0.6 is 0 Å². The van der Waals surface area contributed by atoms with Gasteiger partial charge in [0.1, 0.15) is 0 Å². The van der Waals surface area contributed by atoms with Crippen LogP contribution in [0.15, 0.2) is 12.3 Å². The van der Waals surface area contributed by atoms with Crippen molar-refractivity contribution in [3.8, 4) is 0 Å². The molecule has 0 aromatic carbocycles. The molecule has 82 valence electrons. The maximum atomic E-state index is 11.1. The molecule has 0 aliphatic heterocycles. The van der Waals surface area contributed by atoms with Crippen molar-refractivity contribution in [1.82, 2.24) is 9.78 Å². The number of aromatic nitrogens is 2. The Morgan fingerprint density at radius 2 is 2.33 bits per heavy atom. The van der Waals surface area contributed by atoms with Crippen molar-refractivity contribution in [3.05, 3.63) is 18.0 Å². The molecule has 4 nitrogen and oxygen atoms in total. The molecule has 0 bridgehead atoms. The predicted octanol–water partition coefficient (Wildman–Crippen LogP) is 1.87. The summed E-state index contributed by atoms with van der Waals surface area (Å²) >= 11 is 0. The molecule has 1 heterocycles.